The molecule has 0 fully saturated rings. The summed E-state index contributed by atoms with van der Waals surface area (Å²) in [7, 11) is 0. The maximum absolute atomic E-state index is 8.80. The Bertz CT molecular complexity index is 816. The molecule has 0 amide bonds. The summed E-state index contributed by atoms with van der Waals surface area (Å²) in [5.41, 5.74) is 3.88. The highest BCUT2D eigenvalue weighted by Crippen LogP contribution is 2.20. The summed E-state index contributed by atoms with van der Waals surface area (Å²) in [5.74, 6) is 0.827. The van der Waals surface area contributed by atoms with E-state index in [1.165, 1.54) is 5.56 Å². The van der Waals surface area contributed by atoms with Crippen LogP contribution in [0, 0.1) is 18.3 Å². The second-order valence-electron chi connectivity index (χ2n) is 4.91. The van der Waals surface area contributed by atoms with Gasteiger partial charge in [0.1, 0.15) is 12.1 Å². The van der Waals surface area contributed by atoms with Gasteiger partial charge in [-0.1, -0.05) is 23.8 Å². The van der Waals surface area contributed by atoms with Crippen LogP contribution in [0.1, 0.15) is 16.7 Å². The Hall–Kier alpha value is -2.93. The van der Waals surface area contributed by atoms with Gasteiger partial charge in [-0.15, -0.1) is 0 Å². The number of hydrogen-bond acceptors (Lipinski definition) is 4. The first-order chi connectivity index (χ1) is 10.3. The molecule has 3 rings (SSSR count). The normalized spacial score (nSPS) is 10.3. The summed E-state index contributed by atoms with van der Waals surface area (Å²) in [5, 5.41) is 13.2. The zero-order chi connectivity index (χ0) is 14.7. The molecule has 4 nitrogen and oxygen atoms in total. The fourth-order valence-corrected chi connectivity index (χ4v) is 2.19. The molecule has 102 valence electrons. The van der Waals surface area contributed by atoms with E-state index in [0.717, 1.165) is 22.3 Å². The number of aryl methyl sites for hydroxylation is 1. The van der Waals surface area contributed by atoms with Crippen LogP contribution < -0.4 is 5.32 Å². The Kier molecular flexibility index (Phi) is 3.48. The zero-order valence-electron chi connectivity index (χ0n) is 11.7. The van der Waals surface area contributed by atoms with E-state index in [1.807, 2.05) is 36.4 Å². The maximum Gasteiger partial charge on any atom is 0.137 e. The molecule has 2 aromatic carbocycles. The van der Waals surface area contributed by atoms with Crippen molar-refractivity contribution in [2.75, 3.05) is 5.32 Å². The lowest BCUT2D eigenvalue weighted by atomic mass is 10.1. The van der Waals surface area contributed by atoms with Crippen LogP contribution in [0.5, 0.6) is 0 Å². The van der Waals surface area contributed by atoms with Gasteiger partial charge in [-0.05, 0) is 36.8 Å². The van der Waals surface area contributed by atoms with Crippen molar-refractivity contribution in [3.8, 4) is 6.07 Å². The van der Waals surface area contributed by atoms with Gasteiger partial charge in [0.25, 0.3) is 0 Å². The average Bonchev–Trinajstić information content (AvgIpc) is 2.53. The van der Waals surface area contributed by atoms with Gasteiger partial charge >= 0.3 is 0 Å². The molecular formula is C17H14N4. The second kappa shape index (κ2) is 5.59. The first kappa shape index (κ1) is 13.1. The zero-order valence-corrected chi connectivity index (χ0v) is 11.7. The van der Waals surface area contributed by atoms with Gasteiger partial charge in [-0.3, -0.25) is 0 Å². The van der Waals surface area contributed by atoms with Crippen LogP contribution in [0.25, 0.3) is 10.9 Å². The number of hydrogen-bond donors (Lipinski definition) is 1. The fourth-order valence-electron chi connectivity index (χ4n) is 2.19. The van der Waals surface area contributed by atoms with Crippen molar-refractivity contribution >= 4 is 16.7 Å². The molecule has 0 aliphatic heterocycles. The van der Waals surface area contributed by atoms with Crippen LogP contribution in [0.4, 0.5) is 5.82 Å². The van der Waals surface area contributed by atoms with Crippen LogP contribution >= 0.6 is 0 Å². The van der Waals surface area contributed by atoms with E-state index in [0.29, 0.717) is 12.1 Å². The molecule has 0 unspecified atom stereocenters. The Morgan fingerprint density at radius 1 is 1.10 bits per heavy atom. The smallest absolute Gasteiger partial charge is 0.137 e. The lowest BCUT2D eigenvalue weighted by Gasteiger charge is -2.09. The monoisotopic (exact) mass is 274 g/mol. The van der Waals surface area contributed by atoms with E-state index in [9.17, 15) is 0 Å². The van der Waals surface area contributed by atoms with Crippen LogP contribution in [0.2, 0.25) is 0 Å². The molecule has 0 saturated carbocycles. The minimum atomic E-state index is 0.658. The predicted octanol–water partition coefficient (Wildman–Crippen LogP) is 3.42. The van der Waals surface area contributed by atoms with E-state index in [4.69, 9.17) is 5.26 Å². The van der Waals surface area contributed by atoms with Gasteiger partial charge in [-0.25, -0.2) is 9.97 Å². The largest absolute Gasteiger partial charge is 0.365 e. The Morgan fingerprint density at radius 3 is 2.67 bits per heavy atom. The van der Waals surface area contributed by atoms with Crippen molar-refractivity contribution in [3.63, 3.8) is 0 Å². The average molecular weight is 274 g/mol. The van der Waals surface area contributed by atoms with Crippen molar-refractivity contribution in [1.29, 1.82) is 5.26 Å². The quantitative estimate of drug-likeness (QED) is 0.795. The van der Waals surface area contributed by atoms with Gasteiger partial charge < -0.3 is 5.32 Å². The molecule has 1 heterocycles. The minimum Gasteiger partial charge on any atom is -0.365 e. The predicted molar refractivity (Wildman–Crippen MR) is 82.8 cm³/mol. The SMILES string of the molecule is Cc1ccc2ncnc(NCc3ccc(C#N)cc3)c2c1. The fraction of sp³-hybridized carbons (Fsp3) is 0.118. The van der Waals surface area contributed by atoms with Crippen molar-refractivity contribution in [2.24, 2.45) is 0 Å². The number of nitrogens with one attached hydrogen (secondary N) is 1. The minimum absolute atomic E-state index is 0.658. The highest BCUT2D eigenvalue weighted by Gasteiger charge is 2.03. The summed E-state index contributed by atoms with van der Waals surface area (Å²) in [6.07, 6.45) is 1.57. The number of fused-ring (bicyclic) bond motifs is 1. The van der Waals surface area contributed by atoms with Crippen LogP contribution in [-0.2, 0) is 6.54 Å². The molecule has 1 aromatic heterocycles. The molecule has 4 heteroatoms. The van der Waals surface area contributed by atoms with Crippen LogP contribution in [0.15, 0.2) is 48.8 Å². The topological polar surface area (TPSA) is 61.6 Å². The summed E-state index contributed by atoms with van der Waals surface area (Å²) >= 11 is 0. The maximum atomic E-state index is 8.80. The first-order valence-corrected chi connectivity index (χ1v) is 6.70. The number of rotatable bonds is 3. The Labute approximate surface area is 123 Å². The molecule has 1 N–H and O–H groups in total. The Balaban J connectivity index is 1.84. The molecule has 0 spiro atoms. The van der Waals surface area contributed by atoms with Gasteiger partial charge in [0.05, 0.1) is 17.1 Å². The lowest BCUT2D eigenvalue weighted by Crippen LogP contribution is -2.02. The number of nitrogens with zero attached hydrogens (tertiary/aromatic N) is 3. The highest BCUT2D eigenvalue weighted by atomic mass is 15.0. The summed E-state index contributed by atoms with van der Waals surface area (Å²) in [6, 6.07) is 15.8. The standard InChI is InChI=1S/C17H14N4/c1-12-2-7-16-15(8-12)17(21-11-20-16)19-10-14-5-3-13(9-18)4-6-14/h2-8,11H,10H2,1H3,(H,19,20,21). The van der Waals surface area contributed by atoms with E-state index >= 15 is 0 Å². The van der Waals surface area contributed by atoms with Crippen molar-refractivity contribution in [2.45, 2.75) is 13.5 Å². The van der Waals surface area contributed by atoms with Crippen molar-refractivity contribution in [3.05, 3.63) is 65.5 Å². The third-order valence-electron chi connectivity index (χ3n) is 3.33. The molecule has 3 aromatic rings. The van der Waals surface area contributed by atoms with Gasteiger partial charge in [0.2, 0.25) is 0 Å². The number of benzene rings is 2. The molecule has 0 radical (unpaired) electrons. The molecule has 0 saturated heterocycles. The van der Waals surface area contributed by atoms with E-state index in [-0.39, 0.29) is 0 Å². The Morgan fingerprint density at radius 2 is 1.90 bits per heavy atom. The van der Waals surface area contributed by atoms with Gasteiger partial charge in [-0.2, -0.15) is 5.26 Å². The third-order valence-corrected chi connectivity index (χ3v) is 3.33. The van der Waals surface area contributed by atoms with E-state index in [2.05, 4.69) is 34.3 Å². The molecule has 0 aliphatic carbocycles. The molecule has 0 bridgehead atoms. The third kappa shape index (κ3) is 2.82. The number of anilines is 1. The van der Waals surface area contributed by atoms with Crippen molar-refractivity contribution in [1.82, 2.24) is 9.97 Å². The second-order valence-corrected chi connectivity index (χ2v) is 4.91. The first-order valence-electron chi connectivity index (χ1n) is 6.70. The van der Waals surface area contributed by atoms with Crippen molar-refractivity contribution < 1.29 is 0 Å². The van der Waals surface area contributed by atoms with Gasteiger partial charge in [0, 0.05) is 11.9 Å². The lowest BCUT2D eigenvalue weighted by molar-refractivity contribution is 1.10. The van der Waals surface area contributed by atoms with Crippen LogP contribution in [0.3, 0.4) is 0 Å². The highest BCUT2D eigenvalue weighted by molar-refractivity contribution is 5.89. The molecule has 0 aliphatic rings. The number of nitriles is 1. The van der Waals surface area contributed by atoms with E-state index in [1.54, 1.807) is 6.33 Å². The van der Waals surface area contributed by atoms with E-state index < -0.39 is 0 Å². The number of aromatic nitrogens is 2. The molecular weight excluding hydrogens is 260 g/mol. The molecule has 21 heavy (non-hydrogen) atoms. The van der Waals surface area contributed by atoms with Crippen LogP contribution in [-0.4, -0.2) is 9.97 Å². The summed E-state index contributed by atoms with van der Waals surface area (Å²) in [4.78, 5) is 8.60. The van der Waals surface area contributed by atoms with Gasteiger partial charge in [0.15, 0.2) is 0 Å². The summed E-state index contributed by atoms with van der Waals surface area (Å²) in [6.45, 7) is 2.71. The summed E-state index contributed by atoms with van der Waals surface area (Å²) < 4.78 is 0. The molecule has 0 atom stereocenters.